The Balaban J connectivity index is 4.48. The van der Waals surface area contributed by atoms with Crippen molar-refractivity contribution < 1.29 is 13.2 Å². The molecule has 0 saturated heterocycles. The van der Waals surface area contributed by atoms with E-state index in [0.717, 1.165) is 0 Å². The number of sulfonamides is 1. The van der Waals surface area contributed by atoms with Gasteiger partial charge in [-0.3, -0.25) is 0 Å². The number of nitrogens with zero attached hydrogens (tertiary/aromatic N) is 1. The molecule has 0 saturated carbocycles. The zero-order valence-corrected chi connectivity index (χ0v) is 13.2. The van der Waals surface area contributed by atoms with Gasteiger partial charge in [-0.15, -0.1) is 0 Å². The van der Waals surface area contributed by atoms with E-state index in [1.165, 1.54) is 4.31 Å². The normalized spacial score (nSPS) is 14.1. The number of nitrogens with two attached hydrogens (primary N) is 1. The fourth-order valence-corrected chi connectivity index (χ4v) is 2.84. The Hall–Kier alpha value is -0.240. The van der Waals surface area contributed by atoms with E-state index in [0.29, 0.717) is 18.1 Å². The number of hydrogen-bond acceptors (Lipinski definition) is 4. The van der Waals surface area contributed by atoms with E-state index in [-0.39, 0.29) is 24.4 Å². The van der Waals surface area contributed by atoms with Gasteiger partial charge in [-0.1, -0.05) is 26.1 Å². The molecule has 0 aliphatic heterocycles. The molecular formula is C11H24N2O3S2. The zero-order chi connectivity index (χ0) is 14.3. The summed E-state index contributed by atoms with van der Waals surface area (Å²) in [5, 5.41) is 0. The molecule has 1 unspecified atom stereocenters. The van der Waals surface area contributed by atoms with Gasteiger partial charge >= 0.3 is 0 Å². The number of thiocarbonyl (C=S) groups is 1. The largest absolute Gasteiger partial charge is 0.393 e. The number of hydrogen-bond donors (Lipinski definition) is 1. The highest BCUT2D eigenvalue weighted by Crippen LogP contribution is 2.07. The van der Waals surface area contributed by atoms with Crippen LogP contribution in [0.25, 0.3) is 0 Å². The van der Waals surface area contributed by atoms with Gasteiger partial charge < -0.3 is 10.5 Å². The first-order valence-corrected chi connectivity index (χ1v) is 8.11. The van der Waals surface area contributed by atoms with Crippen molar-refractivity contribution in [1.29, 1.82) is 0 Å². The smallest absolute Gasteiger partial charge is 0.216 e. The third-order valence-corrected chi connectivity index (χ3v) is 4.78. The molecule has 0 radical (unpaired) electrons. The maximum atomic E-state index is 12.1. The van der Waals surface area contributed by atoms with Crippen LogP contribution in [0.4, 0.5) is 0 Å². The third kappa shape index (κ3) is 6.63. The summed E-state index contributed by atoms with van der Waals surface area (Å²) < 4.78 is 30.8. The van der Waals surface area contributed by atoms with E-state index in [4.69, 9.17) is 22.7 Å². The predicted molar refractivity (Wildman–Crippen MR) is 78.1 cm³/mol. The summed E-state index contributed by atoms with van der Waals surface area (Å²) >= 11 is 4.86. The van der Waals surface area contributed by atoms with Crippen molar-refractivity contribution in [1.82, 2.24) is 4.31 Å². The molecule has 0 fully saturated rings. The Kier molecular flexibility index (Phi) is 7.93. The first-order chi connectivity index (χ1) is 8.20. The summed E-state index contributed by atoms with van der Waals surface area (Å²) in [5.74, 6) is -0.135. The maximum absolute atomic E-state index is 12.1. The minimum Gasteiger partial charge on any atom is -0.393 e. The lowest BCUT2D eigenvalue weighted by Gasteiger charge is -2.23. The SMILES string of the molecule is CCN(CC(C)C(N)=S)S(=O)(=O)CCOC(C)C. The molecule has 0 aliphatic carbocycles. The van der Waals surface area contributed by atoms with Gasteiger partial charge in [0.25, 0.3) is 0 Å². The number of ether oxygens (including phenoxy) is 1. The van der Waals surface area contributed by atoms with Crippen molar-refractivity contribution in [2.45, 2.75) is 33.8 Å². The fraction of sp³-hybridized carbons (Fsp3) is 0.909. The van der Waals surface area contributed by atoms with Crippen LogP contribution in [-0.4, -0.2) is 49.3 Å². The molecule has 18 heavy (non-hydrogen) atoms. The molecule has 0 aromatic carbocycles. The molecule has 7 heteroatoms. The Morgan fingerprint density at radius 3 is 2.33 bits per heavy atom. The fourth-order valence-electron chi connectivity index (χ4n) is 1.35. The number of rotatable bonds is 9. The standard InChI is InChI=1S/C11H24N2O3S2/c1-5-13(8-10(4)11(12)17)18(14,15)7-6-16-9(2)3/h9-10H,5-8H2,1-4H3,(H2,12,17). The lowest BCUT2D eigenvalue weighted by Crippen LogP contribution is -2.40. The molecule has 0 aromatic rings. The van der Waals surface area contributed by atoms with Gasteiger partial charge in [-0.05, 0) is 13.8 Å². The molecule has 0 rings (SSSR count). The summed E-state index contributed by atoms with van der Waals surface area (Å²) in [4.78, 5) is 0.335. The van der Waals surface area contributed by atoms with Crippen LogP contribution in [0.15, 0.2) is 0 Å². The highest BCUT2D eigenvalue weighted by atomic mass is 32.2. The first-order valence-electron chi connectivity index (χ1n) is 6.09. The molecule has 5 nitrogen and oxygen atoms in total. The quantitative estimate of drug-likeness (QED) is 0.642. The second-order valence-corrected chi connectivity index (χ2v) is 7.05. The summed E-state index contributed by atoms with van der Waals surface area (Å²) in [6.45, 7) is 8.32. The second-order valence-electron chi connectivity index (χ2n) is 4.49. The van der Waals surface area contributed by atoms with Crippen LogP contribution in [0.3, 0.4) is 0 Å². The van der Waals surface area contributed by atoms with E-state index in [1.807, 2.05) is 20.8 Å². The summed E-state index contributed by atoms with van der Waals surface area (Å²) in [5.41, 5.74) is 5.51. The van der Waals surface area contributed by atoms with E-state index < -0.39 is 10.0 Å². The summed E-state index contributed by atoms with van der Waals surface area (Å²) in [6, 6.07) is 0. The second kappa shape index (κ2) is 8.04. The average Bonchev–Trinajstić information content (AvgIpc) is 2.23. The van der Waals surface area contributed by atoms with E-state index in [9.17, 15) is 8.42 Å². The van der Waals surface area contributed by atoms with E-state index in [1.54, 1.807) is 6.92 Å². The van der Waals surface area contributed by atoms with Crippen LogP contribution in [0.2, 0.25) is 0 Å². The molecule has 108 valence electrons. The van der Waals surface area contributed by atoms with Gasteiger partial charge in [0.05, 0.1) is 23.5 Å². The monoisotopic (exact) mass is 296 g/mol. The van der Waals surface area contributed by atoms with Gasteiger partial charge in [-0.25, -0.2) is 12.7 Å². The van der Waals surface area contributed by atoms with Crippen LogP contribution in [0, 0.1) is 5.92 Å². The molecule has 0 aliphatic rings. The van der Waals surface area contributed by atoms with Crippen molar-refractivity contribution in [3.63, 3.8) is 0 Å². The Morgan fingerprint density at radius 2 is 1.94 bits per heavy atom. The van der Waals surface area contributed by atoms with Gasteiger partial charge in [-0.2, -0.15) is 0 Å². The van der Waals surface area contributed by atoms with Crippen molar-refractivity contribution in [2.75, 3.05) is 25.4 Å². The van der Waals surface area contributed by atoms with Gasteiger partial charge in [0.1, 0.15) is 0 Å². The van der Waals surface area contributed by atoms with Crippen molar-refractivity contribution in [3.8, 4) is 0 Å². The molecule has 0 heterocycles. The minimum atomic E-state index is -3.30. The lowest BCUT2D eigenvalue weighted by atomic mass is 10.2. The van der Waals surface area contributed by atoms with E-state index >= 15 is 0 Å². The summed E-state index contributed by atoms with van der Waals surface area (Å²) in [6.07, 6.45) is 0.0332. The summed E-state index contributed by atoms with van der Waals surface area (Å²) in [7, 11) is -3.30. The highest BCUT2D eigenvalue weighted by Gasteiger charge is 2.23. The van der Waals surface area contributed by atoms with Crippen molar-refractivity contribution >= 4 is 27.2 Å². The highest BCUT2D eigenvalue weighted by molar-refractivity contribution is 7.89. The van der Waals surface area contributed by atoms with Crippen molar-refractivity contribution in [3.05, 3.63) is 0 Å². The van der Waals surface area contributed by atoms with Crippen LogP contribution >= 0.6 is 12.2 Å². The molecule has 2 N–H and O–H groups in total. The Labute approximate surface area is 116 Å². The van der Waals surface area contributed by atoms with Gasteiger partial charge in [0, 0.05) is 19.0 Å². The maximum Gasteiger partial charge on any atom is 0.216 e. The molecule has 0 amide bonds. The average molecular weight is 296 g/mol. The van der Waals surface area contributed by atoms with Crippen molar-refractivity contribution in [2.24, 2.45) is 11.7 Å². The first kappa shape index (κ1) is 17.8. The third-order valence-electron chi connectivity index (χ3n) is 2.50. The molecule has 0 spiro atoms. The van der Waals surface area contributed by atoms with Gasteiger partial charge in [0.2, 0.25) is 10.0 Å². The van der Waals surface area contributed by atoms with Crippen LogP contribution < -0.4 is 5.73 Å². The van der Waals surface area contributed by atoms with Crippen LogP contribution in [0.5, 0.6) is 0 Å². The van der Waals surface area contributed by atoms with Gasteiger partial charge in [0.15, 0.2) is 0 Å². The lowest BCUT2D eigenvalue weighted by molar-refractivity contribution is 0.0907. The van der Waals surface area contributed by atoms with Crippen LogP contribution in [-0.2, 0) is 14.8 Å². The van der Waals surface area contributed by atoms with E-state index in [2.05, 4.69) is 0 Å². The molecule has 0 bridgehead atoms. The topological polar surface area (TPSA) is 72.6 Å². The molecule has 1 atom stereocenters. The molecule has 0 aromatic heterocycles. The zero-order valence-electron chi connectivity index (χ0n) is 11.5. The van der Waals surface area contributed by atoms with Crippen LogP contribution in [0.1, 0.15) is 27.7 Å². The molecular weight excluding hydrogens is 272 g/mol. The Bertz CT molecular complexity index is 355. The predicted octanol–water partition coefficient (Wildman–Crippen LogP) is 0.985. The minimum absolute atomic E-state index is 0.0108. The Morgan fingerprint density at radius 1 is 1.39 bits per heavy atom.